The maximum atomic E-state index is 11.6. The summed E-state index contributed by atoms with van der Waals surface area (Å²) < 4.78 is 6.76. The van der Waals surface area contributed by atoms with E-state index in [2.05, 4.69) is 10.4 Å². The monoisotopic (exact) mass is 219 g/mol. The van der Waals surface area contributed by atoms with Gasteiger partial charge in [-0.1, -0.05) is 0 Å². The van der Waals surface area contributed by atoms with Crippen LogP contribution in [0.3, 0.4) is 0 Å². The predicted molar refractivity (Wildman–Crippen MR) is 59.3 cm³/mol. The Kier molecular flexibility index (Phi) is 2.76. The quantitative estimate of drug-likeness (QED) is 0.861. The van der Waals surface area contributed by atoms with Crippen molar-refractivity contribution in [3.8, 4) is 0 Å². The molecule has 0 spiro atoms. The van der Waals surface area contributed by atoms with Gasteiger partial charge in [-0.3, -0.25) is 9.48 Å². The number of nitrogens with zero attached hydrogens (tertiary/aromatic N) is 2. The second kappa shape index (κ2) is 4.22. The molecule has 0 radical (unpaired) electrons. The van der Waals surface area contributed by atoms with E-state index >= 15 is 0 Å². The molecule has 0 aliphatic heterocycles. The Morgan fingerprint density at radius 2 is 2.38 bits per heavy atom. The highest BCUT2D eigenvalue weighted by Gasteiger charge is 2.10. The maximum absolute atomic E-state index is 11.6. The first kappa shape index (κ1) is 10.5. The molecule has 84 valence electrons. The molecule has 2 aromatic rings. The summed E-state index contributed by atoms with van der Waals surface area (Å²) >= 11 is 0. The van der Waals surface area contributed by atoms with Gasteiger partial charge in [0, 0.05) is 12.2 Å². The average molecular weight is 219 g/mol. The summed E-state index contributed by atoms with van der Waals surface area (Å²) in [6.45, 7) is 4.04. The first-order chi connectivity index (χ1) is 7.66. The molecule has 2 rings (SSSR count). The van der Waals surface area contributed by atoms with Gasteiger partial charge < -0.3 is 9.73 Å². The molecule has 2 aromatic heterocycles. The Morgan fingerprint density at radius 1 is 1.56 bits per heavy atom. The number of rotatable bonds is 3. The number of amides is 1. The second-order valence-corrected chi connectivity index (χ2v) is 3.73. The molecule has 1 N–H and O–H groups in total. The van der Waals surface area contributed by atoms with Gasteiger partial charge in [0.15, 0.2) is 5.76 Å². The molecular formula is C11H13N3O2. The summed E-state index contributed by atoms with van der Waals surface area (Å²) in [6, 6.07) is 3.56. The predicted octanol–water partition coefficient (Wildman–Crippen LogP) is 2.31. The molecule has 0 bridgehead atoms. The summed E-state index contributed by atoms with van der Waals surface area (Å²) in [6.07, 6.45) is 4.86. The zero-order valence-corrected chi connectivity index (χ0v) is 9.18. The van der Waals surface area contributed by atoms with Crippen molar-refractivity contribution < 1.29 is 9.21 Å². The minimum absolute atomic E-state index is 0.270. The van der Waals surface area contributed by atoms with E-state index in [9.17, 15) is 4.79 Å². The van der Waals surface area contributed by atoms with Gasteiger partial charge in [0.1, 0.15) is 0 Å². The average Bonchev–Trinajstić information content (AvgIpc) is 2.87. The third-order valence-corrected chi connectivity index (χ3v) is 2.13. The highest BCUT2D eigenvalue weighted by atomic mass is 16.3. The number of furan rings is 1. The number of carbonyl (C=O) groups excluding carboxylic acids is 1. The Labute approximate surface area is 93.1 Å². The zero-order chi connectivity index (χ0) is 11.5. The van der Waals surface area contributed by atoms with Crippen molar-refractivity contribution in [1.29, 1.82) is 0 Å². The maximum Gasteiger partial charge on any atom is 0.291 e. The van der Waals surface area contributed by atoms with Gasteiger partial charge >= 0.3 is 0 Å². The molecule has 0 aliphatic rings. The van der Waals surface area contributed by atoms with E-state index in [4.69, 9.17) is 4.42 Å². The van der Waals surface area contributed by atoms with E-state index in [1.165, 1.54) is 6.26 Å². The van der Waals surface area contributed by atoms with Crippen LogP contribution in [-0.2, 0) is 0 Å². The number of carbonyl (C=O) groups is 1. The van der Waals surface area contributed by atoms with Gasteiger partial charge in [-0.05, 0) is 26.0 Å². The third kappa shape index (κ3) is 2.13. The molecule has 0 aromatic carbocycles. The first-order valence-electron chi connectivity index (χ1n) is 5.06. The summed E-state index contributed by atoms with van der Waals surface area (Å²) in [5, 5.41) is 6.82. The summed E-state index contributed by atoms with van der Waals surface area (Å²) in [5.41, 5.74) is 0.662. The molecule has 0 aliphatic carbocycles. The standard InChI is InChI=1S/C11H13N3O2/c1-8(2)14-7-9(6-12-14)13-11(15)10-4-3-5-16-10/h3-8H,1-2H3,(H,13,15). The number of hydrogen-bond acceptors (Lipinski definition) is 3. The van der Waals surface area contributed by atoms with Gasteiger partial charge in [0.25, 0.3) is 5.91 Å². The van der Waals surface area contributed by atoms with E-state index < -0.39 is 0 Å². The lowest BCUT2D eigenvalue weighted by molar-refractivity contribution is 0.0996. The van der Waals surface area contributed by atoms with Crippen LogP contribution in [0.25, 0.3) is 0 Å². The fourth-order valence-corrected chi connectivity index (χ4v) is 1.29. The Balaban J connectivity index is 2.07. The normalized spacial score (nSPS) is 10.7. The van der Waals surface area contributed by atoms with E-state index in [0.717, 1.165) is 0 Å². The van der Waals surface area contributed by atoms with E-state index in [1.807, 2.05) is 13.8 Å². The topological polar surface area (TPSA) is 60.1 Å². The van der Waals surface area contributed by atoms with Crippen molar-refractivity contribution in [2.75, 3.05) is 5.32 Å². The molecule has 2 heterocycles. The Morgan fingerprint density at radius 3 is 2.94 bits per heavy atom. The van der Waals surface area contributed by atoms with Crippen LogP contribution in [0.15, 0.2) is 35.2 Å². The van der Waals surface area contributed by atoms with Gasteiger partial charge in [0.05, 0.1) is 18.1 Å². The van der Waals surface area contributed by atoms with E-state index in [0.29, 0.717) is 5.69 Å². The van der Waals surface area contributed by atoms with Crippen molar-refractivity contribution in [2.45, 2.75) is 19.9 Å². The summed E-state index contributed by atoms with van der Waals surface area (Å²) in [7, 11) is 0. The molecule has 5 heteroatoms. The number of aromatic nitrogens is 2. The molecule has 16 heavy (non-hydrogen) atoms. The highest BCUT2D eigenvalue weighted by Crippen LogP contribution is 2.11. The molecule has 0 unspecified atom stereocenters. The molecular weight excluding hydrogens is 206 g/mol. The SMILES string of the molecule is CC(C)n1cc(NC(=O)c2ccco2)cn1. The van der Waals surface area contributed by atoms with Crippen molar-refractivity contribution in [1.82, 2.24) is 9.78 Å². The van der Waals surface area contributed by atoms with E-state index in [1.54, 1.807) is 29.2 Å². The van der Waals surface area contributed by atoms with Crippen molar-refractivity contribution in [3.05, 3.63) is 36.5 Å². The van der Waals surface area contributed by atoms with Gasteiger partial charge in [-0.2, -0.15) is 5.10 Å². The van der Waals surface area contributed by atoms with Gasteiger partial charge in [0.2, 0.25) is 0 Å². The lowest BCUT2D eigenvalue weighted by Crippen LogP contribution is -2.10. The lowest BCUT2D eigenvalue weighted by atomic mass is 10.4. The van der Waals surface area contributed by atoms with Crippen LogP contribution in [-0.4, -0.2) is 15.7 Å². The highest BCUT2D eigenvalue weighted by molar-refractivity contribution is 6.02. The minimum Gasteiger partial charge on any atom is -0.459 e. The zero-order valence-electron chi connectivity index (χ0n) is 9.18. The number of nitrogens with one attached hydrogen (secondary N) is 1. The smallest absolute Gasteiger partial charge is 0.291 e. The fraction of sp³-hybridized carbons (Fsp3) is 0.273. The fourth-order valence-electron chi connectivity index (χ4n) is 1.29. The molecule has 5 nitrogen and oxygen atoms in total. The summed E-state index contributed by atoms with van der Waals surface area (Å²) in [4.78, 5) is 11.6. The van der Waals surface area contributed by atoms with Crippen LogP contribution in [0, 0.1) is 0 Å². The molecule has 0 fully saturated rings. The van der Waals surface area contributed by atoms with Crippen molar-refractivity contribution in [2.24, 2.45) is 0 Å². The third-order valence-electron chi connectivity index (χ3n) is 2.13. The Bertz CT molecular complexity index is 471. The second-order valence-electron chi connectivity index (χ2n) is 3.73. The van der Waals surface area contributed by atoms with Crippen LogP contribution >= 0.6 is 0 Å². The molecule has 0 saturated carbocycles. The van der Waals surface area contributed by atoms with Crippen LogP contribution in [0.5, 0.6) is 0 Å². The number of hydrogen-bond donors (Lipinski definition) is 1. The number of anilines is 1. The van der Waals surface area contributed by atoms with Crippen LogP contribution in [0.4, 0.5) is 5.69 Å². The summed E-state index contributed by atoms with van der Waals surface area (Å²) in [5.74, 6) is 0.0191. The van der Waals surface area contributed by atoms with Gasteiger partial charge in [-0.25, -0.2) is 0 Å². The Hall–Kier alpha value is -2.04. The van der Waals surface area contributed by atoms with Crippen molar-refractivity contribution >= 4 is 11.6 Å². The van der Waals surface area contributed by atoms with E-state index in [-0.39, 0.29) is 17.7 Å². The molecule has 0 saturated heterocycles. The van der Waals surface area contributed by atoms with Crippen molar-refractivity contribution in [3.63, 3.8) is 0 Å². The molecule has 1 amide bonds. The van der Waals surface area contributed by atoms with Gasteiger partial charge in [-0.15, -0.1) is 0 Å². The minimum atomic E-state index is -0.270. The molecule has 0 atom stereocenters. The largest absolute Gasteiger partial charge is 0.459 e. The first-order valence-corrected chi connectivity index (χ1v) is 5.06. The van der Waals surface area contributed by atoms with Crippen LogP contribution < -0.4 is 5.32 Å². The lowest BCUT2D eigenvalue weighted by Gasteiger charge is -2.03. The van der Waals surface area contributed by atoms with Crippen LogP contribution in [0.1, 0.15) is 30.4 Å². The van der Waals surface area contributed by atoms with Crippen LogP contribution in [0.2, 0.25) is 0 Å².